The van der Waals surface area contributed by atoms with E-state index in [-0.39, 0.29) is 24.0 Å². The van der Waals surface area contributed by atoms with E-state index in [4.69, 9.17) is 5.26 Å². The molecule has 0 aromatic heterocycles. The second-order valence-corrected chi connectivity index (χ2v) is 4.68. The molecule has 2 aromatic carbocycles. The number of hydrogen-bond acceptors (Lipinski definition) is 3. The first-order valence-electron chi connectivity index (χ1n) is 6.11. The zero-order valence-corrected chi connectivity index (χ0v) is 10.2. The smallest absolute Gasteiger partial charge is 0.228 e. The summed E-state index contributed by atoms with van der Waals surface area (Å²) in [6.45, 7) is 0.421. The molecule has 19 heavy (non-hydrogen) atoms. The van der Waals surface area contributed by atoms with Gasteiger partial charge in [0.2, 0.25) is 5.91 Å². The van der Waals surface area contributed by atoms with Gasteiger partial charge in [0.05, 0.1) is 17.7 Å². The minimum atomic E-state index is -0.250. The van der Waals surface area contributed by atoms with E-state index in [1.165, 1.54) is 0 Å². The van der Waals surface area contributed by atoms with E-state index in [0.717, 1.165) is 11.1 Å². The molecule has 0 spiro atoms. The van der Waals surface area contributed by atoms with Crippen molar-refractivity contribution in [2.45, 2.75) is 6.42 Å². The number of aromatic hydroxyl groups is 1. The summed E-state index contributed by atoms with van der Waals surface area (Å²) in [6, 6.07) is 12.9. The number of rotatable bonds is 1. The lowest BCUT2D eigenvalue weighted by Gasteiger charge is -2.18. The van der Waals surface area contributed by atoms with Crippen molar-refractivity contribution < 1.29 is 9.90 Å². The quantitative estimate of drug-likeness (QED) is 0.847. The van der Waals surface area contributed by atoms with E-state index in [0.29, 0.717) is 11.9 Å². The molecule has 1 saturated heterocycles. The summed E-state index contributed by atoms with van der Waals surface area (Å²) < 4.78 is 0. The highest BCUT2D eigenvalue weighted by molar-refractivity contribution is 6.06. The number of phenols is 1. The number of nitriles is 1. The number of carbonyl (C=O) groups excluding carboxylic acids is 1. The van der Waals surface area contributed by atoms with Crippen LogP contribution in [0.3, 0.4) is 0 Å². The molecule has 1 N–H and O–H groups in total. The van der Waals surface area contributed by atoms with Gasteiger partial charge in [0.25, 0.3) is 0 Å². The zero-order valence-electron chi connectivity index (χ0n) is 10.2. The lowest BCUT2D eigenvalue weighted by Crippen LogP contribution is -2.24. The SMILES string of the molecule is N#CC1CC(=O)N(c2cccc3c(O)cccc23)C1. The molecule has 0 radical (unpaired) electrons. The first-order chi connectivity index (χ1) is 9.20. The summed E-state index contributed by atoms with van der Waals surface area (Å²) in [4.78, 5) is 13.6. The van der Waals surface area contributed by atoms with Crippen LogP contribution >= 0.6 is 0 Å². The minimum Gasteiger partial charge on any atom is -0.507 e. The van der Waals surface area contributed by atoms with E-state index >= 15 is 0 Å². The predicted octanol–water partition coefficient (Wildman–Crippen LogP) is 2.42. The van der Waals surface area contributed by atoms with Gasteiger partial charge in [-0.05, 0) is 12.1 Å². The fourth-order valence-corrected chi connectivity index (χ4v) is 2.54. The van der Waals surface area contributed by atoms with Crippen LogP contribution in [0, 0.1) is 17.2 Å². The Bertz CT molecular complexity index is 703. The van der Waals surface area contributed by atoms with Crippen molar-refractivity contribution in [3.8, 4) is 11.8 Å². The number of nitrogens with zero attached hydrogens (tertiary/aromatic N) is 2. The average molecular weight is 252 g/mol. The maximum absolute atomic E-state index is 12.0. The molecule has 0 bridgehead atoms. The largest absolute Gasteiger partial charge is 0.507 e. The number of hydrogen-bond donors (Lipinski definition) is 1. The number of benzene rings is 2. The third-order valence-corrected chi connectivity index (χ3v) is 3.47. The van der Waals surface area contributed by atoms with Gasteiger partial charge < -0.3 is 10.0 Å². The molecule has 1 unspecified atom stereocenters. The van der Waals surface area contributed by atoms with E-state index in [9.17, 15) is 9.90 Å². The van der Waals surface area contributed by atoms with Crippen LogP contribution in [0.1, 0.15) is 6.42 Å². The highest BCUT2D eigenvalue weighted by atomic mass is 16.3. The van der Waals surface area contributed by atoms with Crippen molar-refractivity contribution in [1.29, 1.82) is 5.26 Å². The van der Waals surface area contributed by atoms with Crippen molar-refractivity contribution >= 4 is 22.4 Å². The zero-order chi connectivity index (χ0) is 13.4. The normalized spacial score (nSPS) is 18.8. The highest BCUT2D eigenvalue weighted by Crippen LogP contribution is 2.34. The Morgan fingerprint density at radius 1 is 1.21 bits per heavy atom. The number of phenolic OH excluding ortho intramolecular Hbond substituents is 1. The Hall–Kier alpha value is -2.54. The molecule has 1 aliphatic heterocycles. The van der Waals surface area contributed by atoms with Gasteiger partial charge in [-0.2, -0.15) is 5.26 Å². The summed E-state index contributed by atoms with van der Waals surface area (Å²) in [5, 5.41) is 20.3. The Labute approximate surface area is 110 Å². The Morgan fingerprint density at radius 3 is 2.68 bits per heavy atom. The van der Waals surface area contributed by atoms with Gasteiger partial charge in [-0.1, -0.05) is 24.3 Å². The summed E-state index contributed by atoms with van der Waals surface area (Å²) in [5.41, 5.74) is 0.760. The van der Waals surface area contributed by atoms with Gasteiger partial charge in [-0.25, -0.2) is 0 Å². The molecular formula is C15H12N2O2. The van der Waals surface area contributed by atoms with Crippen molar-refractivity contribution in [1.82, 2.24) is 0 Å². The molecule has 4 heteroatoms. The molecule has 1 fully saturated rings. The van der Waals surface area contributed by atoms with Crippen LogP contribution < -0.4 is 4.90 Å². The minimum absolute atomic E-state index is 0.0395. The monoisotopic (exact) mass is 252 g/mol. The van der Waals surface area contributed by atoms with E-state index < -0.39 is 0 Å². The molecule has 1 heterocycles. The van der Waals surface area contributed by atoms with Crippen LogP contribution in [0.4, 0.5) is 5.69 Å². The first-order valence-corrected chi connectivity index (χ1v) is 6.11. The summed E-state index contributed by atoms with van der Waals surface area (Å²) in [7, 11) is 0. The molecule has 3 rings (SSSR count). The summed E-state index contributed by atoms with van der Waals surface area (Å²) >= 11 is 0. The standard InChI is InChI=1S/C15H12N2O2/c16-8-10-7-15(19)17(9-10)13-5-1-4-12-11(13)3-2-6-14(12)18/h1-6,10,18H,7,9H2. The molecule has 2 aromatic rings. The molecule has 94 valence electrons. The highest BCUT2D eigenvalue weighted by Gasteiger charge is 2.31. The van der Waals surface area contributed by atoms with Crippen molar-refractivity contribution in [2.75, 3.05) is 11.4 Å². The van der Waals surface area contributed by atoms with Gasteiger partial charge >= 0.3 is 0 Å². The van der Waals surface area contributed by atoms with Crippen LogP contribution in [-0.2, 0) is 4.79 Å². The second-order valence-electron chi connectivity index (χ2n) is 4.68. The number of carbonyl (C=O) groups is 1. The third kappa shape index (κ3) is 1.80. The fraction of sp³-hybridized carbons (Fsp3) is 0.200. The van der Waals surface area contributed by atoms with Gasteiger partial charge in [0.15, 0.2) is 0 Å². The summed E-state index contributed by atoms with van der Waals surface area (Å²) in [6.07, 6.45) is 0.270. The third-order valence-electron chi connectivity index (χ3n) is 3.47. The Balaban J connectivity index is 2.14. The first kappa shape index (κ1) is 11.5. The van der Waals surface area contributed by atoms with Crippen LogP contribution in [0.25, 0.3) is 10.8 Å². The summed E-state index contributed by atoms with van der Waals surface area (Å²) in [5.74, 6) is -0.0923. The van der Waals surface area contributed by atoms with Crippen LogP contribution in [0.2, 0.25) is 0 Å². The topological polar surface area (TPSA) is 64.3 Å². The fourth-order valence-electron chi connectivity index (χ4n) is 2.54. The van der Waals surface area contributed by atoms with E-state index in [1.807, 2.05) is 24.3 Å². The van der Waals surface area contributed by atoms with Gasteiger partial charge in [0, 0.05) is 23.7 Å². The second kappa shape index (κ2) is 4.29. The van der Waals surface area contributed by atoms with Crippen LogP contribution in [0.5, 0.6) is 5.75 Å². The van der Waals surface area contributed by atoms with Gasteiger partial charge in [0.1, 0.15) is 5.75 Å². The number of amides is 1. The maximum atomic E-state index is 12.0. The van der Waals surface area contributed by atoms with Gasteiger partial charge in [-0.3, -0.25) is 4.79 Å². The molecule has 4 nitrogen and oxygen atoms in total. The van der Waals surface area contributed by atoms with Crippen LogP contribution in [0.15, 0.2) is 36.4 Å². The average Bonchev–Trinajstić information content (AvgIpc) is 2.80. The Morgan fingerprint density at radius 2 is 1.95 bits per heavy atom. The number of fused-ring (bicyclic) bond motifs is 1. The molecule has 1 atom stereocenters. The lowest BCUT2D eigenvalue weighted by atomic mass is 10.1. The van der Waals surface area contributed by atoms with Crippen LogP contribution in [-0.4, -0.2) is 17.6 Å². The van der Waals surface area contributed by atoms with Crippen molar-refractivity contribution in [2.24, 2.45) is 5.92 Å². The molecular weight excluding hydrogens is 240 g/mol. The predicted molar refractivity (Wildman–Crippen MR) is 71.7 cm³/mol. The van der Waals surface area contributed by atoms with E-state index in [2.05, 4.69) is 6.07 Å². The van der Waals surface area contributed by atoms with E-state index in [1.54, 1.807) is 17.0 Å². The molecule has 0 saturated carbocycles. The molecule has 0 aliphatic carbocycles. The van der Waals surface area contributed by atoms with Gasteiger partial charge in [-0.15, -0.1) is 0 Å². The van der Waals surface area contributed by atoms with Crippen molar-refractivity contribution in [3.05, 3.63) is 36.4 Å². The van der Waals surface area contributed by atoms with Crippen molar-refractivity contribution in [3.63, 3.8) is 0 Å². The Kier molecular flexibility index (Phi) is 2.60. The maximum Gasteiger partial charge on any atom is 0.228 e. The molecule has 1 aliphatic rings. The lowest BCUT2D eigenvalue weighted by molar-refractivity contribution is -0.117. The number of anilines is 1. The molecule has 1 amide bonds.